The highest BCUT2D eigenvalue weighted by molar-refractivity contribution is 5.81. The molecule has 5 heteroatoms. The number of benzene rings is 1. The molecular weight excluding hydrogens is 336 g/mol. The Morgan fingerprint density at radius 2 is 2.11 bits per heavy atom. The molecule has 146 valence electrons. The van der Waals surface area contributed by atoms with E-state index in [0.29, 0.717) is 0 Å². The molecule has 0 saturated carbocycles. The smallest absolute Gasteiger partial charge is 0.239 e. The third-order valence-electron chi connectivity index (χ3n) is 5.43. The summed E-state index contributed by atoms with van der Waals surface area (Å²) < 4.78 is 0. The number of H-pyrrole nitrogens is 1. The Hall–Kier alpha value is -2.14. The van der Waals surface area contributed by atoms with Gasteiger partial charge < -0.3 is 4.90 Å². The Morgan fingerprint density at radius 1 is 1.30 bits per heavy atom. The summed E-state index contributed by atoms with van der Waals surface area (Å²) in [7, 11) is 1.95. The van der Waals surface area contributed by atoms with Crippen LogP contribution in [0, 0.1) is 0 Å². The van der Waals surface area contributed by atoms with Gasteiger partial charge in [0.15, 0.2) is 0 Å². The van der Waals surface area contributed by atoms with E-state index >= 15 is 0 Å². The van der Waals surface area contributed by atoms with Gasteiger partial charge in [-0.2, -0.15) is 5.10 Å². The average Bonchev–Trinajstić information content (AvgIpc) is 3.18. The van der Waals surface area contributed by atoms with Gasteiger partial charge in [0.1, 0.15) is 0 Å². The zero-order valence-corrected chi connectivity index (χ0v) is 16.7. The fraction of sp³-hybridized carbons (Fsp3) is 0.545. The quantitative estimate of drug-likeness (QED) is 0.772. The van der Waals surface area contributed by atoms with E-state index in [0.717, 1.165) is 62.3 Å². The van der Waals surface area contributed by atoms with Crippen LogP contribution in [0.15, 0.2) is 36.4 Å². The molecule has 1 aliphatic heterocycles. The molecule has 0 aliphatic carbocycles. The van der Waals surface area contributed by atoms with Gasteiger partial charge in [-0.15, -0.1) is 0 Å². The van der Waals surface area contributed by atoms with Gasteiger partial charge >= 0.3 is 0 Å². The van der Waals surface area contributed by atoms with Crippen LogP contribution in [0.2, 0.25) is 0 Å². The Kier molecular flexibility index (Phi) is 7.04. The first-order chi connectivity index (χ1) is 13.2. The van der Waals surface area contributed by atoms with Gasteiger partial charge in [0, 0.05) is 24.8 Å². The van der Waals surface area contributed by atoms with E-state index in [9.17, 15) is 4.79 Å². The second kappa shape index (κ2) is 9.70. The first-order valence-corrected chi connectivity index (χ1v) is 10.3. The van der Waals surface area contributed by atoms with Crippen molar-refractivity contribution in [2.45, 2.75) is 51.5 Å². The molecule has 5 nitrogen and oxygen atoms in total. The van der Waals surface area contributed by atoms with Crippen molar-refractivity contribution in [3.8, 4) is 11.3 Å². The SMILES string of the molecule is CCCN1CCCCC1C(=O)N(C)CCCc1cc(-c2ccccc2)n[nH]1. The van der Waals surface area contributed by atoms with E-state index < -0.39 is 0 Å². The topological polar surface area (TPSA) is 52.2 Å². The van der Waals surface area contributed by atoms with Crippen molar-refractivity contribution in [2.75, 3.05) is 26.7 Å². The normalized spacial score (nSPS) is 17.8. The number of carbonyl (C=O) groups excluding carboxylic acids is 1. The number of aromatic amines is 1. The molecule has 1 fully saturated rings. The number of likely N-dealkylation sites (N-methyl/N-ethyl adjacent to an activating group) is 1. The van der Waals surface area contributed by atoms with Gasteiger partial charge in [-0.25, -0.2) is 0 Å². The number of nitrogens with one attached hydrogen (secondary N) is 1. The first kappa shape index (κ1) is 19.6. The minimum absolute atomic E-state index is 0.0838. The van der Waals surface area contributed by atoms with Crippen molar-refractivity contribution in [3.05, 3.63) is 42.1 Å². The highest BCUT2D eigenvalue weighted by atomic mass is 16.2. The number of likely N-dealkylation sites (tertiary alicyclic amines) is 1. The van der Waals surface area contributed by atoms with Crippen molar-refractivity contribution in [3.63, 3.8) is 0 Å². The van der Waals surface area contributed by atoms with Gasteiger partial charge in [0.2, 0.25) is 5.91 Å². The molecule has 0 spiro atoms. The molecule has 0 radical (unpaired) electrons. The predicted octanol–water partition coefficient (Wildman–Crippen LogP) is 3.73. The molecule has 1 aliphatic rings. The minimum atomic E-state index is 0.0838. The Balaban J connectivity index is 1.48. The molecule has 1 aromatic carbocycles. The van der Waals surface area contributed by atoms with E-state index in [1.807, 2.05) is 30.1 Å². The van der Waals surface area contributed by atoms with Gasteiger partial charge in [-0.3, -0.25) is 14.8 Å². The van der Waals surface area contributed by atoms with Crippen LogP contribution in [0.1, 0.15) is 44.7 Å². The lowest BCUT2D eigenvalue weighted by molar-refractivity contribution is -0.137. The number of hydrogen-bond donors (Lipinski definition) is 1. The average molecular weight is 369 g/mol. The number of nitrogens with zero attached hydrogens (tertiary/aromatic N) is 3. The van der Waals surface area contributed by atoms with E-state index in [1.165, 1.54) is 12.8 Å². The van der Waals surface area contributed by atoms with Gasteiger partial charge in [0.05, 0.1) is 11.7 Å². The lowest BCUT2D eigenvalue weighted by atomic mass is 10.0. The summed E-state index contributed by atoms with van der Waals surface area (Å²) in [6, 6.07) is 12.4. The summed E-state index contributed by atoms with van der Waals surface area (Å²) in [4.78, 5) is 17.2. The molecule has 1 amide bonds. The summed E-state index contributed by atoms with van der Waals surface area (Å²) in [6.45, 7) is 5.07. The van der Waals surface area contributed by atoms with Crippen LogP contribution in [0.25, 0.3) is 11.3 Å². The van der Waals surface area contributed by atoms with Crippen LogP contribution >= 0.6 is 0 Å². The van der Waals surface area contributed by atoms with Crippen LogP contribution in [0.5, 0.6) is 0 Å². The molecule has 1 unspecified atom stereocenters. The van der Waals surface area contributed by atoms with Crippen LogP contribution in [-0.2, 0) is 11.2 Å². The Morgan fingerprint density at radius 3 is 2.89 bits per heavy atom. The van der Waals surface area contributed by atoms with E-state index in [1.54, 1.807) is 0 Å². The summed E-state index contributed by atoms with van der Waals surface area (Å²) >= 11 is 0. The van der Waals surface area contributed by atoms with Crippen molar-refractivity contribution in [1.82, 2.24) is 20.0 Å². The zero-order chi connectivity index (χ0) is 19.1. The maximum atomic E-state index is 12.9. The second-order valence-electron chi connectivity index (χ2n) is 7.56. The Labute approximate surface area is 162 Å². The number of piperidine rings is 1. The highest BCUT2D eigenvalue weighted by Crippen LogP contribution is 2.20. The van der Waals surface area contributed by atoms with E-state index in [2.05, 4.69) is 40.2 Å². The van der Waals surface area contributed by atoms with Crippen LogP contribution in [0.4, 0.5) is 0 Å². The van der Waals surface area contributed by atoms with Crippen molar-refractivity contribution in [2.24, 2.45) is 0 Å². The molecule has 1 atom stereocenters. The fourth-order valence-corrected chi connectivity index (χ4v) is 3.94. The van der Waals surface area contributed by atoms with Gasteiger partial charge in [0.25, 0.3) is 0 Å². The van der Waals surface area contributed by atoms with Crippen LogP contribution in [0.3, 0.4) is 0 Å². The lowest BCUT2D eigenvalue weighted by Gasteiger charge is -2.36. The molecule has 0 bridgehead atoms. The molecule has 27 heavy (non-hydrogen) atoms. The largest absolute Gasteiger partial charge is 0.344 e. The number of rotatable bonds is 8. The van der Waals surface area contributed by atoms with E-state index in [-0.39, 0.29) is 11.9 Å². The standard InChI is InChI=1S/C22H32N4O/c1-3-14-26-16-8-7-13-21(26)22(27)25(2)15-9-12-19-17-20(24-23-19)18-10-5-4-6-11-18/h4-6,10-11,17,21H,3,7-9,12-16H2,1-2H3,(H,23,24). The van der Waals surface area contributed by atoms with E-state index in [4.69, 9.17) is 0 Å². The molecule has 2 aromatic rings. The first-order valence-electron chi connectivity index (χ1n) is 10.3. The van der Waals surface area contributed by atoms with Crippen LogP contribution < -0.4 is 0 Å². The van der Waals surface area contributed by atoms with Crippen LogP contribution in [-0.4, -0.2) is 58.6 Å². The zero-order valence-electron chi connectivity index (χ0n) is 16.7. The highest BCUT2D eigenvalue weighted by Gasteiger charge is 2.29. The molecule has 1 N–H and O–H groups in total. The van der Waals surface area contributed by atoms with Crippen molar-refractivity contribution < 1.29 is 4.79 Å². The van der Waals surface area contributed by atoms with Gasteiger partial charge in [-0.05, 0) is 51.3 Å². The summed E-state index contributed by atoms with van der Waals surface area (Å²) in [5.41, 5.74) is 3.23. The molecule has 1 saturated heterocycles. The molecule has 2 heterocycles. The second-order valence-corrected chi connectivity index (χ2v) is 7.56. The van der Waals surface area contributed by atoms with Crippen molar-refractivity contribution in [1.29, 1.82) is 0 Å². The fourth-order valence-electron chi connectivity index (χ4n) is 3.94. The summed E-state index contributed by atoms with van der Waals surface area (Å²) in [5.74, 6) is 0.290. The predicted molar refractivity (Wildman–Crippen MR) is 109 cm³/mol. The molecular formula is C22H32N4O. The monoisotopic (exact) mass is 368 g/mol. The molecule has 3 rings (SSSR count). The number of amides is 1. The third kappa shape index (κ3) is 5.19. The number of aryl methyl sites for hydroxylation is 1. The minimum Gasteiger partial charge on any atom is -0.344 e. The number of aromatic nitrogens is 2. The van der Waals surface area contributed by atoms with Gasteiger partial charge in [-0.1, -0.05) is 43.7 Å². The van der Waals surface area contributed by atoms with Crippen molar-refractivity contribution >= 4 is 5.91 Å². The number of hydrogen-bond acceptors (Lipinski definition) is 3. The maximum absolute atomic E-state index is 12.9. The summed E-state index contributed by atoms with van der Waals surface area (Å²) in [6.07, 6.45) is 6.35. The number of carbonyl (C=O) groups is 1. The molecule has 1 aromatic heterocycles. The third-order valence-corrected chi connectivity index (χ3v) is 5.43. The Bertz CT molecular complexity index is 710. The lowest BCUT2D eigenvalue weighted by Crippen LogP contribution is -2.50. The maximum Gasteiger partial charge on any atom is 0.239 e. The summed E-state index contributed by atoms with van der Waals surface area (Å²) in [5, 5.41) is 7.54.